The molecule has 0 aliphatic heterocycles. The van der Waals surface area contributed by atoms with E-state index >= 15 is 0 Å². The molecule has 0 saturated heterocycles. The fourth-order valence-electron chi connectivity index (χ4n) is 3.96. The summed E-state index contributed by atoms with van der Waals surface area (Å²) >= 11 is 6.32. The maximum Gasteiger partial charge on any atom is 0.284 e. The van der Waals surface area contributed by atoms with Gasteiger partial charge in [0.15, 0.2) is 11.6 Å². The third-order valence-corrected chi connectivity index (χ3v) is 5.82. The number of hydrogen-bond acceptors (Lipinski definition) is 7. The second kappa shape index (κ2) is 9.26. The van der Waals surface area contributed by atoms with Crippen molar-refractivity contribution in [3.05, 3.63) is 75.6 Å². The highest BCUT2D eigenvalue weighted by Crippen LogP contribution is 2.30. The van der Waals surface area contributed by atoms with E-state index in [2.05, 4.69) is 23.8 Å². The van der Waals surface area contributed by atoms with Crippen LogP contribution in [0.15, 0.2) is 53.6 Å². The SMILES string of the molecule is CC(=O)c1cnc(N)nc1N(CC(C)C)C(C)c1nn2ccc(Cl)c2c(=O)n1-c1ccccc1. The van der Waals surface area contributed by atoms with Gasteiger partial charge >= 0.3 is 0 Å². The first kappa shape index (κ1) is 23.4. The summed E-state index contributed by atoms with van der Waals surface area (Å²) < 4.78 is 3.04. The summed E-state index contributed by atoms with van der Waals surface area (Å²) in [7, 11) is 0. The zero-order valence-corrected chi connectivity index (χ0v) is 20.2. The molecular weight excluding hydrogens is 454 g/mol. The minimum atomic E-state index is -0.465. The lowest BCUT2D eigenvalue weighted by atomic mass is 10.1. The van der Waals surface area contributed by atoms with Crippen LogP contribution in [0.4, 0.5) is 11.8 Å². The summed E-state index contributed by atoms with van der Waals surface area (Å²) in [4.78, 5) is 36.4. The number of hydrogen-bond donors (Lipinski definition) is 1. The van der Waals surface area contributed by atoms with Gasteiger partial charge in [0, 0.05) is 18.9 Å². The summed E-state index contributed by atoms with van der Waals surface area (Å²) in [5.74, 6) is 0.947. The van der Waals surface area contributed by atoms with Gasteiger partial charge in [0.1, 0.15) is 11.3 Å². The maximum absolute atomic E-state index is 13.6. The van der Waals surface area contributed by atoms with Crippen LogP contribution in [0.5, 0.6) is 0 Å². The number of anilines is 2. The standard InChI is InChI=1S/C24H26ClN7O2/c1-14(2)13-30(22-18(16(4)33)12-27-24(26)28-22)15(3)21-29-31-11-10-19(25)20(31)23(34)32(21)17-8-6-5-7-9-17/h5-12,14-15H,13H2,1-4H3,(H2,26,27,28). The molecule has 0 spiro atoms. The lowest BCUT2D eigenvalue weighted by Crippen LogP contribution is -2.37. The molecule has 10 heteroatoms. The van der Waals surface area contributed by atoms with E-state index in [0.717, 1.165) is 0 Å². The van der Waals surface area contributed by atoms with Gasteiger partial charge in [0.2, 0.25) is 5.95 Å². The molecule has 0 amide bonds. The van der Waals surface area contributed by atoms with Crippen molar-refractivity contribution < 1.29 is 4.79 Å². The molecule has 0 aliphatic carbocycles. The molecule has 176 valence electrons. The van der Waals surface area contributed by atoms with Gasteiger partial charge < -0.3 is 10.6 Å². The topological polar surface area (TPSA) is 111 Å². The van der Waals surface area contributed by atoms with Gasteiger partial charge in [0.05, 0.1) is 22.3 Å². The van der Waals surface area contributed by atoms with E-state index in [9.17, 15) is 9.59 Å². The highest BCUT2D eigenvalue weighted by atomic mass is 35.5. The third kappa shape index (κ3) is 4.26. The number of nitrogens with two attached hydrogens (primary N) is 1. The number of carbonyl (C=O) groups excluding carboxylic acids is 1. The van der Waals surface area contributed by atoms with Crippen LogP contribution in [-0.4, -0.2) is 36.5 Å². The molecule has 2 N–H and O–H groups in total. The zero-order valence-electron chi connectivity index (χ0n) is 19.4. The van der Waals surface area contributed by atoms with Gasteiger partial charge in [-0.05, 0) is 38.0 Å². The van der Waals surface area contributed by atoms with Crippen LogP contribution in [0.2, 0.25) is 5.02 Å². The van der Waals surface area contributed by atoms with Crippen molar-refractivity contribution in [3.63, 3.8) is 0 Å². The number of fused-ring (bicyclic) bond motifs is 1. The molecule has 0 saturated carbocycles. The summed E-state index contributed by atoms with van der Waals surface area (Å²) in [6, 6.07) is 10.4. The molecule has 34 heavy (non-hydrogen) atoms. The predicted octanol–water partition coefficient (Wildman–Crippen LogP) is 3.94. The minimum absolute atomic E-state index is 0.0574. The first-order valence-corrected chi connectivity index (χ1v) is 11.3. The second-order valence-corrected chi connectivity index (χ2v) is 8.94. The van der Waals surface area contributed by atoms with Crippen LogP contribution in [0.25, 0.3) is 11.2 Å². The van der Waals surface area contributed by atoms with E-state index in [1.54, 1.807) is 16.8 Å². The molecule has 1 aromatic carbocycles. The largest absolute Gasteiger partial charge is 0.368 e. The Bertz CT molecular complexity index is 1410. The van der Waals surface area contributed by atoms with Gasteiger partial charge in [-0.15, -0.1) is 0 Å². The van der Waals surface area contributed by atoms with Gasteiger partial charge in [-0.2, -0.15) is 10.1 Å². The van der Waals surface area contributed by atoms with Crippen molar-refractivity contribution >= 4 is 34.7 Å². The minimum Gasteiger partial charge on any atom is -0.368 e. The van der Waals surface area contributed by atoms with Gasteiger partial charge in [0.25, 0.3) is 5.56 Å². The van der Waals surface area contributed by atoms with Crippen LogP contribution >= 0.6 is 11.6 Å². The van der Waals surface area contributed by atoms with E-state index in [1.165, 1.54) is 17.6 Å². The first-order chi connectivity index (χ1) is 16.2. The molecule has 4 rings (SSSR count). The van der Waals surface area contributed by atoms with E-state index in [0.29, 0.717) is 34.5 Å². The Morgan fingerprint density at radius 1 is 1.18 bits per heavy atom. The Balaban J connectivity index is 2.00. The van der Waals surface area contributed by atoms with E-state index in [-0.39, 0.29) is 28.7 Å². The number of carbonyl (C=O) groups is 1. The highest BCUT2D eigenvalue weighted by Gasteiger charge is 2.28. The monoisotopic (exact) mass is 479 g/mol. The Hall–Kier alpha value is -3.72. The molecule has 3 aromatic heterocycles. The Morgan fingerprint density at radius 2 is 1.88 bits per heavy atom. The second-order valence-electron chi connectivity index (χ2n) is 8.54. The highest BCUT2D eigenvalue weighted by molar-refractivity contribution is 6.33. The van der Waals surface area contributed by atoms with Crippen molar-refractivity contribution in [2.45, 2.75) is 33.7 Å². The predicted molar refractivity (Wildman–Crippen MR) is 133 cm³/mol. The van der Waals surface area contributed by atoms with Crippen molar-refractivity contribution in [1.82, 2.24) is 24.1 Å². The van der Waals surface area contributed by atoms with E-state index in [1.807, 2.05) is 42.2 Å². The molecule has 0 aliphatic rings. The number of rotatable bonds is 7. The number of nitrogens with zero attached hydrogens (tertiary/aromatic N) is 6. The summed E-state index contributed by atoms with van der Waals surface area (Å²) in [6.07, 6.45) is 3.09. The fourth-order valence-corrected chi connectivity index (χ4v) is 4.18. The van der Waals surface area contributed by atoms with E-state index < -0.39 is 6.04 Å². The Morgan fingerprint density at radius 3 is 2.53 bits per heavy atom. The lowest BCUT2D eigenvalue weighted by Gasteiger charge is -2.33. The normalized spacial score (nSPS) is 12.3. The zero-order chi connectivity index (χ0) is 24.6. The van der Waals surface area contributed by atoms with Crippen LogP contribution in [-0.2, 0) is 0 Å². The van der Waals surface area contributed by atoms with Gasteiger partial charge in [-0.25, -0.2) is 9.50 Å². The van der Waals surface area contributed by atoms with Gasteiger partial charge in [-0.1, -0.05) is 43.6 Å². The summed E-state index contributed by atoms with van der Waals surface area (Å²) in [5, 5.41) is 5.10. The molecular formula is C24H26ClN7O2. The van der Waals surface area contributed by atoms with Gasteiger partial charge in [-0.3, -0.25) is 14.2 Å². The number of para-hydroxylation sites is 1. The molecule has 3 heterocycles. The average Bonchev–Trinajstić information content (AvgIpc) is 3.18. The number of ketones is 1. The number of halogens is 1. The van der Waals surface area contributed by atoms with Crippen molar-refractivity contribution in [2.24, 2.45) is 5.92 Å². The molecule has 0 bridgehead atoms. The quantitative estimate of drug-likeness (QED) is 0.399. The molecule has 4 aromatic rings. The molecule has 0 radical (unpaired) electrons. The first-order valence-electron chi connectivity index (χ1n) is 10.9. The smallest absolute Gasteiger partial charge is 0.284 e. The van der Waals surface area contributed by atoms with E-state index in [4.69, 9.17) is 22.4 Å². The molecule has 1 atom stereocenters. The molecule has 1 unspecified atom stereocenters. The summed E-state index contributed by atoms with van der Waals surface area (Å²) in [6.45, 7) is 8.03. The average molecular weight is 480 g/mol. The van der Waals surface area contributed by atoms with Crippen molar-refractivity contribution in [1.29, 1.82) is 0 Å². The van der Waals surface area contributed by atoms with Crippen LogP contribution in [0.1, 0.15) is 49.9 Å². The Labute approximate surface area is 201 Å². The maximum atomic E-state index is 13.6. The van der Waals surface area contributed by atoms with Crippen molar-refractivity contribution in [3.8, 4) is 5.69 Å². The number of nitrogen functional groups attached to an aromatic ring is 1. The number of benzene rings is 1. The summed E-state index contributed by atoms with van der Waals surface area (Å²) in [5.41, 5.74) is 6.90. The van der Waals surface area contributed by atoms with Crippen LogP contribution in [0.3, 0.4) is 0 Å². The van der Waals surface area contributed by atoms with Crippen LogP contribution < -0.4 is 16.2 Å². The van der Waals surface area contributed by atoms with Crippen LogP contribution in [0, 0.1) is 5.92 Å². The van der Waals surface area contributed by atoms with Crippen molar-refractivity contribution in [2.75, 3.05) is 17.2 Å². The third-order valence-electron chi connectivity index (χ3n) is 5.52. The lowest BCUT2D eigenvalue weighted by molar-refractivity contribution is 0.101. The Kier molecular flexibility index (Phi) is 6.39. The number of aromatic nitrogens is 5. The molecule has 9 nitrogen and oxygen atoms in total. The number of Topliss-reactive ketones (excluding diaryl/α,β-unsaturated/α-hetero) is 1. The molecule has 0 fully saturated rings. The fraction of sp³-hybridized carbons (Fsp3) is 0.292.